The highest BCUT2D eigenvalue weighted by Gasteiger charge is 2.27. The number of guanidine groups is 1. The first-order valence-corrected chi connectivity index (χ1v) is 9.65. The number of nitrogens with zero attached hydrogens (tertiary/aromatic N) is 2. The predicted molar refractivity (Wildman–Crippen MR) is 99.5 cm³/mol. The molecule has 1 atom stereocenters. The van der Waals surface area contributed by atoms with E-state index in [1.807, 2.05) is 11.3 Å². The predicted octanol–water partition coefficient (Wildman–Crippen LogP) is 2.78. The minimum Gasteiger partial charge on any atom is -0.469 e. The number of thiophene rings is 1. The lowest BCUT2D eigenvalue weighted by Gasteiger charge is -2.33. The molecule has 5 nitrogen and oxygen atoms in total. The van der Waals surface area contributed by atoms with Crippen LogP contribution in [-0.4, -0.2) is 50.1 Å². The summed E-state index contributed by atoms with van der Waals surface area (Å²) in [6.07, 6.45) is 2.74. The van der Waals surface area contributed by atoms with E-state index in [-0.39, 0.29) is 11.9 Å². The van der Waals surface area contributed by atoms with Gasteiger partial charge in [0.15, 0.2) is 5.96 Å². The lowest BCUT2D eigenvalue weighted by Crippen LogP contribution is -2.46. The molecule has 1 aliphatic rings. The number of aliphatic imine (C=N–C) groups is 1. The zero-order chi connectivity index (χ0) is 17.4. The zero-order valence-corrected chi connectivity index (χ0v) is 15.8. The van der Waals surface area contributed by atoms with Crippen LogP contribution < -0.4 is 5.32 Å². The van der Waals surface area contributed by atoms with Crippen LogP contribution in [0.5, 0.6) is 0 Å². The molecule has 1 saturated heterocycles. The molecule has 0 bridgehead atoms. The number of methoxy groups -OCH3 is 1. The van der Waals surface area contributed by atoms with Crippen LogP contribution in [0, 0.1) is 11.8 Å². The molecule has 134 valence electrons. The summed E-state index contributed by atoms with van der Waals surface area (Å²) in [7, 11) is 1.47. The fourth-order valence-electron chi connectivity index (χ4n) is 3.00. The number of hydrogen-bond acceptors (Lipinski definition) is 4. The summed E-state index contributed by atoms with van der Waals surface area (Å²) < 4.78 is 4.86. The number of nitrogens with one attached hydrogen (secondary N) is 1. The van der Waals surface area contributed by atoms with Gasteiger partial charge in [-0.2, -0.15) is 0 Å². The van der Waals surface area contributed by atoms with Gasteiger partial charge in [-0.25, -0.2) is 0 Å². The van der Waals surface area contributed by atoms with Gasteiger partial charge < -0.3 is 15.0 Å². The largest absolute Gasteiger partial charge is 0.469 e. The van der Waals surface area contributed by atoms with Crippen LogP contribution in [0.25, 0.3) is 0 Å². The maximum Gasteiger partial charge on any atom is 0.308 e. The Bertz CT molecular complexity index is 522. The van der Waals surface area contributed by atoms with Crippen LogP contribution in [0.1, 0.15) is 31.6 Å². The summed E-state index contributed by atoms with van der Waals surface area (Å²) >= 11 is 1.81. The first-order valence-electron chi connectivity index (χ1n) is 8.77. The van der Waals surface area contributed by atoms with E-state index < -0.39 is 0 Å². The Morgan fingerprint density at radius 1 is 1.50 bits per heavy atom. The molecule has 0 aliphatic carbocycles. The molecule has 1 unspecified atom stereocenters. The van der Waals surface area contributed by atoms with E-state index in [9.17, 15) is 4.79 Å². The molecule has 0 aromatic carbocycles. The van der Waals surface area contributed by atoms with Crippen molar-refractivity contribution in [1.29, 1.82) is 0 Å². The number of carbonyl (C=O) groups is 1. The highest BCUT2D eigenvalue weighted by Crippen LogP contribution is 2.19. The standard InChI is InChI=1S/C18H29N3O2S/c1-4-19-18(20-13-14(2)12-16-6-5-11-24-16)21-9-7-15(8-10-21)17(22)23-3/h5-6,11,14-15H,4,7-10,12-13H2,1-3H3,(H,19,20). The molecule has 0 saturated carbocycles. The van der Waals surface area contributed by atoms with E-state index in [1.54, 1.807) is 0 Å². The number of esters is 1. The van der Waals surface area contributed by atoms with Gasteiger partial charge in [-0.1, -0.05) is 13.0 Å². The maximum atomic E-state index is 11.6. The van der Waals surface area contributed by atoms with E-state index in [2.05, 4.69) is 41.6 Å². The molecule has 1 N–H and O–H groups in total. The molecule has 1 aromatic heterocycles. The van der Waals surface area contributed by atoms with Crippen molar-refractivity contribution in [1.82, 2.24) is 10.2 Å². The minimum atomic E-state index is -0.0823. The second-order valence-corrected chi connectivity index (χ2v) is 7.40. The molecule has 0 amide bonds. The first-order chi connectivity index (χ1) is 11.6. The van der Waals surface area contributed by atoms with Gasteiger partial charge in [-0.05, 0) is 43.6 Å². The average molecular weight is 352 g/mol. The van der Waals surface area contributed by atoms with Gasteiger partial charge in [0.05, 0.1) is 13.0 Å². The van der Waals surface area contributed by atoms with Crippen molar-refractivity contribution in [2.24, 2.45) is 16.8 Å². The third-order valence-corrected chi connectivity index (χ3v) is 5.25. The van der Waals surface area contributed by atoms with Gasteiger partial charge in [0.25, 0.3) is 0 Å². The van der Waals surface area contributed by atoms with Crippen LogP contribution in [-0.2, 0) is 16.0 Å². The van der Waals surface area contributed by atoms with Gasteiger partial charge in [-0.15, -0.1) is 11.3 Å². The molecular formula is C18H29N3O2S. The van der Waals surface area contributed by atoms with Crippen molar-refractivity contribution in [2.45, 2.75) is 33.1 Å². The average Bonchev–Trinajstić information content (AvgIpc) is 3.11. The quantitative estimate of drug-likeness (QED) is 0.486. The van der Waals surface area contributed by atoms with E-state index in [1.165, 1.54) is 12.0 Å². The van der Waals surface area contributed by atoms with Gasteiger partial charge in [0.1, 0.15) is 0 Å². The summed E-state index contributed by atoms with van der Waals surface area (Å²) in [6, 6.07) is 4.29. The van der Waals surface area contributed by atoms with Crippen molar-refractivity contribution in [3.05, 3.63) is 22.4 Å². The van der Waals surface area contributed by atoms with Crippen LogP contribution in [0.15, 0.2) is 22.5 Å². The van der Waals surface area contributed by atoms with E-state index in [0.29, 0.717) is 5.92 Å². The van der Waals surface area contributed by atoms with Crippen molar-refractivity contribution < 1.29 is 9.53 Å². The number of likely N-dealkylation sites (tertiary alicyclic amines) is 1. The van der Waals surface area contributed by atoms with Crippen LogP contribution in [0.2, 0.25) is 0 Å². The Morgan fingerprint density at radius 3 is 2.83 bits per heavy atom. The Kier molecular flexibility index (Phi) is 7.56. The second-order valence-electron chi connectivity index (χ2n) is 6.37. The summed E-state index contributed by atoms with van der Waals surface area (Å²) in [4.78, 5) is 20.2. The van der Waals surface area contributed by atoms with Crippen molar-refractivity contribution >= 4 is 23.3 Å². The van der Waals surface area contributed by atoms with E-state index >= 15 is 0 Å². The zero-order valence-electron chi connectivity index (χ0n) is 15.0. The van der Waals surface area contributed by atoms with E-state index in [0.717, 1.165) is 51.4 Å². The smallest absolute Gasteiger partial charge is 0.308 e. The van der Waals surface area contributed by atoms with Crippen LogP contribution in [0.4, 0.5) is 0 Å². The molecule has 0 spiro atoms. The van der Waals surface area contributed by atoms with Gasteiger partial charge >= 0.3 is 5.97 Å². The molecule has 2 rings (SSSR count). The summed E-state index contributed by atoms with van der Waals surface area (Å²) in [5, 5.41) is 5.51. The van der Waals surface area contributed by atoms with Crippen molar-refractivity contribution in [3.8, 4) is 0 Å². The summed E-state index contributed by atoms with van der Waals surface area (Å²) in [5.74, 6) is 1.44. The maximum absolute atomic E-state index is 11.6. The molecule has 0 radical (unpaired) electrons. The normalized spacial score (nSPS) is 17.6. The fourth-order valence-corrected chi connectivity index (χ4v) is 3.87. The highest BCUT2D eigenvalue weighted by molar-refractivity contribution is 7.09. The van der Waals surface area contributed by atoms with E-state index in [4.69, 9.17) is 9.73 Å². The third kappa shape index (κ3) is 5.51. The van der Waals surface area contributed by atoms with Crippen LogP contribution in [0.3, 0.4) is 0 Å². The Morgan fingerprint density at radius 2 is 2.25 bits per heavy atom. The number of ether oxygens (including phenoxy) is 1. The fraction of sp³-hybridized carbons (Fsp3) is 0.667. The lowest BCUT2D eigenvalue weighted by molar-refractivity contribution is -0.146. The third-order valence-electron chi connectivity index (χ3n) is 4.35. The molecule has 1 fully saturated rings. The summed E-state index contributed by atoms with van der Waals surface area (Å²) in [6.45, 7) is 7.71. The Balaban J connectivity index is 1.87. The number of hydrogen-bond donors (Lipinski definition) is 1. The minimum absolute atomic E-state index is 0.0341. The molecule has 2 heterocycles. The lowest BCUT2D eigenvalue weighted by atomic mass is 9.97. The number of carbonyl (C=O) groups excluding carboxylic acids is 1. The number of rotatable bonds is 6. The molecule has 6 heteroatoms. The highest BCUT2D eigenvalue weighted by atomic mass is 32.1. The van der Waals surface area contributed by atoms with Gasteiger partial charge in [0, 0.05) is 31.1 Å². The number of piperidine rings is 1. The Hall–Kier alpha value is -1.56. The van der Waals surface area contributed by atoms with Gasteiger partial charge in [-0.3, -0.25) is 9.79 Å². The Labute approximate surface area is 149 Å². The van der Waals surface area contributed by atoms with Crippen molar-refractivity contribution in [3.63, 3.8) is 0 Å². The molecular weight excluding hydrogens is 322 g/mol. The second kappa shape index (κ2) is 9.67. The first kappa shape index (κ1) is 18.8. The molecule has 24 heavy (non-hydrogen) atoms. The van der Waals surface area contributed by atoms with Crippen LogP contribution >= 0.6 is 11.3 Å². The topological polar surface area (TPSA) is 53.9 Å². The molecule has 1 aromatic rings. The summed E-state index contributed by atoms with van der Waals surface area (Å²) in [5.41, 5.74) is 0. The van der Waals surface area contributed by atoms with Gasteiger partial charge in [0.2, 0.25) is 0 Å². The SMILES string of the molecule is CCNC(=NCC(C)Cc1cccs1)N1CCC(C(=O)OC)CC1. The monoisotopic (exact) mass is 351 g/mol. The molecule has 1 aliphatic heterocycles. The van der Waals surface area contributed by atoms with Crippen molar-refractivity contribution in [2.75, 3.05) is 33.3 Å².